The van der Waals surface area contributed by atoms with Crippen molar-refractivity contribution in [3.05, 3.63) is 0 Å². The van der Waals surface area contributed by atoms with E-state index in [1.165, 1.54) is 38.5 Å². The largest absolute Gasteiger partial charge is 0.314 e. The van der Waals surface area contributed by atoms with E-state index in [-0.39, 0.29) is 0 Å². The van der Waals surface area contributed by atoms with Gasteiger partial charge in [-0.05, 0) is 50.0 Å². The van der Waals surface area contributed by atoms with Crippen molar-refractivity contribution in [3.8, 4) is 0 Å². The summed E-state index contributed by atoms with van der Waals surface area (Å²) < 4.78 is 0. The van der Waals surface area contributed by atoms with Crippen molar-refractivity contribution in [2.24, 2.45) is 17.8 Å². The molecule has 0 aromatic carbocycles. The average Bonchev–Trinajstić information content (AvgIpc) is 2.27. The molecule has 1 N–H and O–H groups in total. The smallest absolute Gasteiger partial charge is 0.00954 e. The van der Waals surface area contributed by atoms with E-state index < -0.39 is 0 Å². The van der Waals surface area contributed by atoms with E-state index in [0.717, 1.165) is 30.3 Å². The van der Waals surface area contributed by atoms with Gasteiger partial charge < -0.3 is 5.32 Å². The van der Waals surface area contributed by atoms with E-state index in [2.05, 4.69) is 33.0 Å². The van der Waals surface area contributed by atoms with Crippen LogP contribution in [0.25, 0.3) is 0 Å². The average molecular weight is 225 g/mol. The van der Waals surface area contributed by atoms with Crippen molar-refractivity contribution in [1.82, 2.24) is 5.32 Å². The first kappa shape index (κ1) is 14.0. The van der Waals surface area contributed by atoms with Gasteiger partial charge in [-0.25, -0.2) is 0 Å². The van der Waals surface area contributed by atoms with Gasteiger partial charge in [0.2, 0.25) is 0 Å². The van der Waals surface area contributed by atoms with E-state index in [0.29, 0.717) is 0 Å². The van der Waals surface area contributed by atoms with Crippen LogP contribution in [0.5, 0.6) is 0 Å². The summed E-state index contributed by atoms with van der Waals surface area (Å²) in [7, 11) is 0. The van der Waals surface area contributed by atoms with Gasteiger partial charge in [0.05, 0.1) is 0 Å². The first-order valence-electron chi connectivity index (χ1n) is 7.42. The molecule has 16 heavy (non-hydrogen) atoms. The second-order valence-corrected chi connectivity index (χ2v) is 5.88. The summed E-state index contributed by atoms with van der Waals surface area (Å²) in [5.41, 5.74) is 0. The Morgan fingerprint density at radius 3 is 2.50 bits per heavy atom. The van der Waals surface area contributed by atoms with Crippen LogP contribution in [0.1, 0.15) is 66.2 Å². The fourth-order valence-corrected chi connectivity index (χ4v) is 3.22. The molecule has 1 heteroatoms. The van der Waals surface area contributed by atoms with Gasteiger partial charge in [0, 0.05) is 6.04 Å². The monoisotopic (exact) mass is 225 g/mol. The Balaban J connectivity index is 2.47. The van der Waals surface area contributed by atoms with Crippen LogP contribution in [0, 0.1) is 17.8 Å². The highest BCUT2D eigenvalue weighted by Gasteiger charge is 2.30. The van der Waals surface area contributed by atoms with Crippen LogP contribution in [0.4, 0.5) is 0 Å². The van der Waals surface area contributed by atoms with Gasteiger partial charge in [0.1, 0.15) is 0 Å². The Labute approximate surface area is 102 Å². The minimum absolute atomic E-state index is 0.812. The topological polar surface area (TPSA) is 12.0 Å². The maximum Gasteiger partial charge on any atom is 0.00954 e. The lowest BCUT2D eigenvalue weighted by Gasteiger charge is -2.38. The molecule has 1 aliphatic rings. The van der Waals surface area contributed by atoms with E-state index in [9.17, 15) is 0 Å². The number of rotatable bonds is 6. The molecule has 1 aliphatic carbocycles. The van der Waals surface area contributed by atoms with Crippen LogP contribution in [0.2, 0.25) is 0 Å². The third-order valence-electron chi connectivity index (χ3n) is 4.36. The summed E-state index contributed by atoms with van der Waals surface area (Å²) in [5, 5.41) is 3.70. The molecule has 0 amide bonds. The quantitative estimate of drug-likeness (QED) is 0.713. The lowest BCUT2D eigenvalue weighted by atomic mass is 9.72. The number of hydrogen-bond donors (Lipinski definition) is 1. The molecule has 0 aliphatic heterocycles. The Kier molecular flexibility index (Phi) is 6.41. The Hall–Kier alpha value is -0.0400. The summed E-state index contributed by atoms with van der Waals surface area (Å²) in [6.07, 6.45) is 8.52. The highest BCUT2D eigenvalue weighted by Crippen LogP contribution is 2.36. The molecule has 0 spiro atoms. The highest BCUT2D eigenvalue weighted by atomic mass is 14.9. The SMILES string of the molecule is CCCCC1CC(C(C)C)CCC1NCC. The van der Waals surface area contributed by atoms with Crippen molar-refractivity contribution in [3.63, 3.8) is 0 Å². The van der Waals surface area contributed by atoms with Gasteiger partial charge in [0.25, 0.3) is 0 Å². The van der Waals surface area contributed by atoms with Crippen LogP contribution in [0.15, 0.2) is 0 Å². The number of unbranched alkanes of at least 4 members (excludes halogenated alkanes) is 1. The van der Waals surface area contributed by atoms with E-state index in [1.807, 2.05) is 0 Å². The first-order valence-corrected chi connectivity index (χ1v) is 7.42. The zero-order chi connectivity index (χ0) is 12.0. The van der Waals surface area contributed by atoms with Crippen molar-refractivity contribution >= 4 is 0 Å². The zero-order valence-electron chi connectivity index (χ0n) is 11.8. The second-order valence-electron chi connectivity index (χ2n) is 5.88. The third kappa shape index (κ3) is 4.08. The van der Waals surface area contributed by atoms with Crippen molar-refractivity contribution in [1.29, 1.82) is 0 Å². The van der Waals surface area contributed by atoms with Gasteiger partial charge in [-0.1, -0.05) is 40.5 Å². The summed E-state index contributed by atoms with van der Waals surface area (Å²) in [4.78, 5) is 0. The lowest BCUT2D eigenvalue weighted by Crippen LogP contribution is -2.41. The molecule has 0 aromatic heterocycles. The molecule has 1 fully saturated rings. The van der Waals surface area contributed by atoms with E-state index >= 15 is 0 Å². The molecule has 0 bridgehead atoms. The molecule has 96 valence electrons. The zero-order valence-corrected chi connectivity index (χ0v) is 11.8. The summed E-state index contributed by atoms with van der Waals surface area (Å²) in [5.74, 6) is 2.81. The van der Waals surface area contributed by atoms with Crippen LogP contribution < -0.4 is 5.32 Å². The maximum absolute atomic E-state index is 3.70. The Morgan fingerprint density at radius 2 is 1.94 bits per heavy atom. The molecule has 0 radical (unpaired) electrons. The standard InChI is InChI=1S/C15H31N/c1-5-7-8-14-11-13(12(3)4)9-10-15(14)16-6-2/h12-16H,5-11H2,1-4H3. The van der Waals surface area contributed by atoms with Crippen molar-refractivity contribution < 1.29 is 0 Å². The van der Waals surface area contributed by atoms with Gasteiger partial charge in [-0.3, -0.25) is 0 Å². The number of hydrogen-bond acceptors (Lipinski definition) is 1. The fraction of sp³-hybridized carbons (Fsp3) is 1.00. The lowest BCUT2D eigenvalue weighted by molar-refractivity contribution is 0.160. The van der Waals surface area contributed by atoms with E-state index in [4.69, 9.17) is 0 Å². The molecule has 0 saturated heterocycles. The normalized spacial score (nSPS) is 30.9. The second kappa shape index (κ2) is 7.32. The Bertz CT molecular complexity index is 176. The molecule has 1 nitrogen and oxygen atoms in total. The van der Waals surface area contributed by atoms with E-state index in [1.54, 1.807) is 0 Å². The van der Waals surface area contributed by atoms with Gasteiger partial charge in [0.15, 0.2) is 0 Å². The number of nitrogens with one attached hydrogen (secondary N) is 1. The fourth-order valence-electron chi connectivity index (χ4n) is 3.22. The molecular weight excluding hydrogens is 194 g/mol. The summed E-state index contributed by atoms with van der Waals surface area (Å²) in [6.45, 7) is 10.5. The first-order chi connectivity index (χ1) is 7.69. The van der Waals surface area contributed by atoms with Crippen LogP contribution in [0.3, 0.4) is 0 Å². The maximum atomic E-state index is 3.70. The molecule has 0 heterocycles. The van der Waals surface area contributed by atoms with Crippen LogP contribution >= 0.6 is 0 Å². The minimum Gasteiger partial charge on any atom is -0.314 e. The van der Waals surface area contributed by atoms with Gasteiger partial charge in [-0.2, -0.15) is 0 Å². The minimum atomic E-state index is 0.812. The molecule has 3 atom stereocenters. The highest BCUT2D eigenvalue weighted by molar-refractivity contribution is 4.85. The van der Waals surface area contributed by atoms with Crippen molar-refractivity contribution in [2.45, 2.75) is 72.3 Å². The summed E-state index contributed by atoms with van der Waals surface area (Å²) >= 11 is 0. The molecule has 1 saturated carbocycles. The molecular formula is C15H31N. The van der Waals surface area contributed by atoms with Crippen LogP contribution in [-0.4, -0.2) is 12.6 Å². The van der Waals surface area contributed by atoms with Gasteiger partial charge in [-0.15, -0.1) is 0 Å². The predicted molar refractivity (Wildman–Crippen MR) is 72.7 cm³/mol. The molecule has 0 aromatic rings. The van der Waals surface area contributed by atoms with Crippen LogP contribution in [-0.2, 0) is 0 Å². The van der Waals surface area contributed by atoms with Crippen molar-refractivity contribution in [2.75, 3.05) is 6.54 Å². The van der Waals surface area contributed by atoms with Gasteiger partial charge >= 0.3 is 0 Å². The molecule has 3 unspecified atom stereocenters. The summed E-state index contributed by atoms with van der Waals surface area (Å²) in [6, 6.07) is 0.812. The molecule has 1 rings (SSSR count). The third-order valence-corrected chi connectivity index (χ3v) is 4.36. The predicted octanol–water partition coefficient (Wildman–Crippen LogP) is 4.23. The Morgan fingerprint density at radius 1 is 1.19 bits per heavy atom.